The molecule has 0 aromatic rings. The number of carbonyl (C=O) groups excluding carboxylic acids is 1. The molecular formula is C15H26N2O3. The molecule has 0 radical (unpaired) electrons. The summed E-state index contributed by atoms with van der Waals surface area (Å²) in [5, 5.41) is 0. The SMILES string of the molecule is CC(=O)N1CCO[C@@]2(CCCN(C[C@H]3CCOC3)C2)C1. The second-order valence-corrected chi connectivity index (χ2v) is 6.54. The standard InChI is InChI=1S/C15H26N2O3/c1-13(18)17-6-8-20-15(12-17)4-2-5-16(11-15)9-14-3-7-19-10-14/h14H,2-12H2,1H3/t14-,15-/m1/s1. The van der Waals surface area contributed by atoms with Gasteiger partial charge in [0.05, 0.1) is 25.4 Å². The number of ether oxygens (including phenoxy) is 2. The second kappa shape index (κ2) is 6.00. The van der Waals surface area contributed by atoms with Crippen LogP contribution in [0.25, 0.3) is 0 Å². The fraction of sp³-hybridized carbons (Fsp3) is 0.933. The number of amides is 1. The minimum absolute atomic E-state index is 0.123. The van der Waals surface area contributed by atoms with Crippen molar-refractivity contribution in [1.29, 1.82) is 0 Å². The van der Waals surface area contributed by atoms with E-state index in [4.69, 9.17) is 9.47 Å². The maximum atomic E-state index is 11.6. The second-order valence-electron chi connectivity index (χ2n) is 6.54. The number of morpholine rings is 1. The Morgan fingerprint density at radius 2 is 2.20 bits per heavy atom. The van der Waals surface area contributed by atoms with Crippen molar-refractivity contribution in [3.8, 4) is 0 Å². The van der Waals surface area contributed by atoms with Gasteiger partial charge in [0.25, 0.3) is 0 Å². The zero-order valence-corrected chi connectivity index (χ0v) is 12.5. The van der Waals surface area contributed by atoms with Crippen molar-refractivity contribution < 1.29 is 14.3 Å². The smallest absolute Gasteiger partial charge is 0.219 e. The normalized spacial score (nSPS) is 35.6. The maximum absolute atomic E-state index is 11.6. The summed E-state index contributed by atoms with van der Waals surface area (Å²) in [6, 6.07) is 0. The van der Waals surface area contributed by atoms with E-state index in [1.807, 2.05) is 4.90 Å². The summed E-state index contributed by atoms with van der Waals surface area (Å²) in [6.07, 6.45) is 3.43. The summed E-state index contributed by atoms with van der Waals surface area (Å²) in [5.74, 6) is 0.853. The van der Waals surface area contributed by atoms with Gasteiger partial charge in [0.15, 0.2) is 0 Å². The lowest BCUT2D eigenvalue weighted by Gasteiger charge is -2.48. The molecular weight excluding hydrogens is 256 g/mol. The predicted octanol–water partition coefficient (Wildman–Crippen LogP) is 0.736. The highest BCUT2D eigenvalue weighted by atomic mass is 16.5. The molecule has 3 saturated heterocycles. The number of piperidine rings is 1. The molecule has 114 valence electrons. The van der Waals surface area contributed by atoms with Crippen molar-refractivity contribution in [2.24, 2.45) is 5.92 Å². The molecule has 5 nitrogen and oxygen atoms in total. The number of likely N-dealkylation sites (tertiary alicyclic amines) is 1. The monoisotopic (exact) mass is 282 g/mol. The van der Waals surface area contributed by atoms with Crippen LogP contribution in [-0.2, 0) is 14.3 Å². The first-order valence-corrected chi connectivity index (χ1v) is 7.86. The first kappa shape index (κ1) is 14.3. The molecule has 0 aromatic carbocycles. The molecule has 3 rings (SSSR count). The van der Waals surface area contributed by atoms with E-state index in [-0.39, 0.29) is 11.5 Å². The third-order valence-electron chi connectivity index (χ3n) is 4.85. The minimum Gasteiger partial charge on any atom is -0.381 e. The molecule has 3 heterocycles. The first-order chi connectivity index (χ1) is 9.67. The van der Waals surface area contributed by atoms with E-state index in [1.165, 1.54) is 12.8 Å². The highest BCUT2D eigenvalue weighted by Gasteiger charge is 2.41. The lowest BCUT2D eigenvalue weighted by molar-refractivity contribution is -0.160. The molecule has 2 atom stereocenters. The van der Waals surface area contributed by atoms with Crippen molar-refractivity contribution in [3.05, 3.63) is 0 Å². The summed E-state index contributed by atoms with van der Waals surface area (Å²) in [4.78, 5) is 16.1. The van der Waals surface area contributed by atoms with Crippen molar-refractivity contribution in [2.45, 2.75) is 31.8 Å². The summed E-state index contributed by atoms with van der Waals surface area (Å²) in [7, 11) is 0. The largest absolute Gasteiger partial charge is 0.381 e. The highest BCUT2D eigenvalue weighted by Crippen LogP contribution is 2.30. The van der Waals surface area contributed by atoms with Crippen LogP contribution in [0.1, 0.15) is 26.2 Å². The van der Waals surface area contributed by atoms with Crippen LogP contribution in [0.4, 0.5) is 0 Å². The summed E-state index contributed by atoms with van der Waals surface area (Å²) in [6.45, 7) is 8.91. The third kappa shape index (κ3) is 3.15. The lowest BCUT2D eigenvalue weighted by atomic mass is 9.90. The zero-order valence-electron chi connectivity index (χ0n) is 12.5. The Morgan fingerprint density at radius 3 is 2.95 bits per heavy atom. The number of nitrogens with zero attached hydrogens (tertiary/aromatic N) is 2. The molecule has 0 aromatic heterocycles. The van der Waals surface area contributed by atoms with Gasteiger partial charge in [0.1, 0.15) is 0 Å². The maximum Gasteiger partial charge on any atom is 0.219 e. The molecule has 3 fully saturated rings. The van der Waals surface area contributed by atoms with Crippen LogP contribution < -0.4 is 0 Å². The van der Waals surface area contributed by atoms with Gasteiger partial charge in [0, 0.05) is 33.2 Å². The lowest BCUT2D eigenvalue weighted by Crippen LogP contribution is -2.60. The molecule has 0 N–H and O–H groups in total. The summed E-state index contributed by atoms with van der Waals surface area (Å²) in [5.41, 5.74) is -0.123. The topological polar surface area (TPSA) is 42.0 Å². The molecule has 20 heavy (non-hydrogen) atoms. The molecule has 1 spiro atoms. The van der Waals surface area contributed by atoms with Crippen LogP contribution in [0.5, 0.6) is 0 Å². The van der Waals surface area contributed by atoms with Crippen LogP contribution in [0, 0.1) is 5.92 Å². The van der Waals surface area contributed by atoms with Gasteiger partial charge in [-0.05, 0) is 31.7 Å². The van der Waals surface area contributed by atoms with E-state index in [1.54, 1.807) is 6.92 Å². The number of rotatable bonds is 2. The van der Waals surface area contributed by atoms with E-state index in [0.717, 1.165) is 52.4 Å². The Hall–Kier alpha value is -0.650. The van der Waals surface area contributed by atoms with Crippen LogP contribution in [0.3, 0.4) is 0 Å². The van der Waals surface area contributed by atoms with Gasteiger partial charge in [-0.25, -0.2) is 0 Å². The average Bonchev–Trinajstić information content (AvgIpc) is 2.92. The molecule has 0 unspecified atom stereocenters. The quantitative estimate of drug-likeness (QED) is 0.749. The Balaban J connectivity index is 1.59. The highest BCUT2D eigenvalue weighted by molar-refractivity contribution is 5.73. The Labute approximate surface area is 121 Å². The van der Waals surface area contributed by atoms with Crippen molar-refractivity contribution in [3.63, 3.8) is 0 Å². The average molecular weight is 282 g/mol. The van der Waals surface area contributed by atoms with E-state index < -0.39 is 0 Å². The van der Waals surface area contributed by atoms with Gasteiger partial charge in [-0.15, -0.1) is 0 Å². The van der Waals surface area contributed by atoms with E-state index in [0.29, 0.717) is 12.5 Å². The van der Waals surface area contributed by atoms with E-state index >= 15 is 0 Å². The van der Waals surface area contributed by atoms with Crippen molar-refractivity contribution >= 4 is 5.91 Å². The zero-order chi connectivity index (χ0) is 14.0. The predicted molar refractivity (Wildman–Crippen MR) is 75.5 cm³/mol. The molecule has 0 aliphatic carbocycles. The Morgan fingerprint density at radius 1 is 1.30 bits per heavy atom. The van der Waals surface area contributed by atoms with Gasteiger partial charge >= 0.3 is 0 Å². The first-order valence-electron chi connectivity index (χ1n) is 7.86. The third-order valence-corrected chi connectivity index (χ3v) is 4.85. The van der Waals surface area contributed by atoms with E-state index in [2.05, 4.69) is 4.90 Å². The van der Waals surface area contributed by atoms with Crippen LogP contribution >= 0.6 is 0 Å². The minimum atomic E-state index is -0.123. The number of carbonyl (C=O) groups is 1. The Kier molecular flexibility index (Phi) is 4.29. The van der Waals surface area contributed by atoms with Crippen LogP contribution in [-0.4, -0.2) is 73.9 Å². The molecule has 5 heteroatoms. The van der Waals surface area contributed by atoms with Crippen LogP contribution in [0.15, 0.2) is 0 Å². The van der Waals surface area contributed by atoms with Gasteiger partial charge < -0.3 is 19.3 Å². The van der Waals surface area contributed by atoms with Gasteiger partial charge in [-0.3, -0.25) is 4.79 Å². The van der Waals surface area contributed by atoms with E-state index in [9.17, 15) is 4.79 Å². The molecule has 0 bridgehead atoms. The molecule has 3 aliphatic heterocycles. The van der Waals surface area contributed by atoms with Crippen molar-refractivity contribution in [2.75, 3.05) is 52.5 Å². The fourth-order valence-electron chi connectivity index (χ4n) is 3.80. The number of hydrogen-bond donors (Lipinski definition) is 0. The Bertz CT molecular complexity index is 353. The summed E-state index contributed by atoms with van der Waals surface area (Å²) >= 11 is 0. The van der Waals surface area contributed by atoms with Gasteiger partial charge in [-0.2, -0.15) is 0 Å². The van der Waals surface area contributed by atoms with Gasteiger partial charge in [0.2, 0.25) is 5.91 Å². The van der Waals surface area contributed by atoms with Gasteiger partial charge in [-0.1, -0.05) is 0 Å². The summed E-state index contributed by atoms with van der Waals surface area (Å²) < 4.78 is 11.6. The molecule has 0 saturated carbocycles. The van der Waals surface area contributed by atoms with Crippen LogP contribution in [0.2, 0.25) is 0 Å². The fourth-order valence-corrected chi connectivity index (χ4v) is 3.80. The molecule has 3 aliphatic rings. The van der Waals surface area contributed by atoms with Crippen molar-refractivity contribution in [1.82, 2.24) is 9.80 Å². The molecule has 1 amide bonds. The number of hydrogen-bond acceptors (Lipinski definition) is 4.